The van der Waals surface area contributed by atoms with Crippen LogP contribution in [0.2, 0.25) is 5.02 Å². The van der Waals surface area contributed by atoms with Crippen LogP contribution in [0, 0.1) is 11.3 Å². The monoisotopic (exact) mass is 396 g/mol. The summed E-state index contributed by atoms with van der Waals surface area (Å²) in [6.45, 7) is 2.10. The van der Waals surface area contributed by atoms with Crippen LogP contribution >= 0.6 is 11.6 Å². The van der Waals surface area contributed by atoms with Crippen LogP contribution in [0.1, 0.15) is 29.8 Å². The van der Waals surface area contributed by atoms with Crippen molar-refractivity contribution in [3.63, 3.8) is 0 Å². The van der Waals surface area contributed by atoms with Gasteiger partial charge >= 0.3 is 6.09 Å². The van der Waals surface area contributed by atoms with Gasteiger partial charge in [-0.1, -0.05) is 59.2 Å². The molecule has 3 aromatic rings. The molecular weight excluding hydrogens is 380 g/mol. The smallest absolute Gasteiger partial charge is 0.412 e. The number of ether oxygens (including phenoxy) is 1. The number of anilines is 1. The molecular formula is C20H17ClN4O3. The molecule has 142 valence electrons. The highest BCUT2D eigenvalue weighted by molar-refractivity contribution is 6.31. The van der Waals surface area contributed by atoms with E-state index in [-0.39, 0.29) is 17.1 Å². The number of hydrogen-bond donors (Lipinski definition) is 2. The van der Waals surface area contributed by atoms with E-state index in [1.807, 2.05) is 18.2 Å². The summed E-state index contributed by atoms with van der Waals surface area (Å²) in [5.74, 6) is 0.252. The lowest BCUT2D eigenvalue weighted by Gasteiger charge is -2.15. The Bertz CT molecular complexity index is 1020. The molecule has 0 aliphatic rings. The third-order valence-corrected chi connectivity index (χ3v) is 4.45. The van der Waals surface area contributed by atoms with E-state index < -0.39 is 12.2 Å². The van der Waals surface area contributed by atoms with Crippen LogP contribution in [-0.4, -0.2) is 11.2 Å². The highest BCUT2D eigenvalue weighted by Crippen LogP contribution is 2.32. The number of benzene rings is 2. The Morgan fingerprint density at radius 2 is 2.04 bits per heavy atom. The van der Waals surface area contributed by atoms with E-state index in [1.54, 1.807) is 43.3 Å². The maximum atomic E-state index is 12.4. The van der Waals surface area contributed by atoms with Crippen LogP contribution in [0.4, 0.5) is 10.5 Å². The second-order valence-electron chi connectivity index (χ2n) is 5.94. The van der Waals surface area contributed by atoms with Gasteiger partial charge in [0.15, 0.2) is 5.76 Å². The van der Waals surface area contributed by atoms with Gasteiger partial charge in [0.2, 0.25) is 5.69 Å². The van der Waals surface area contributed by atoms with E-state index in [0.717, 1.165) is 5.56 Å². The number of carbonyl (C=O) groups excluding carboxylic acids is 1. The molecule has 1 unspecified atom stereocenters. The third-order valence-electron chi connectivity index (χ3n) is 4.10. The van der Waals surface area contributed by atoms with Crippen molar-refractivity contribution in [1.29, 1.82) is 5.26 Å². The summed E-state index contributed by atoms with van der Waals surface area (Å²) in [6, 6.07) is 16.2. The van der Waals surface area contributed by atoms with Gasteiger partial charge in [0.05, 0.1) is 0 Å². The van der Waals surface area contributed by atoms with Gasteiger partial charge < -0.3 is 15.0 Å². The number of nitrogens with two attached hydrogens (primary N) is 1. The number of rotatable bonds is 5. The number of nitriles is 1. The van der Waals surface area contributed by atoms with Crippen LogP contribution < -0.4 is 11.1 Å². The Morgan fingerprint density at radius 3 is 2.68 bits per heavy atom. The van der Waals surface area contributed by atoms with Gasteiger partial charge in [-0.05, 0) is 18.6 Å². The minimum Gasteiger partial charge on any atom is -0.441 e. The number of aromatic nitrogens is 1. The van der Waals surface area contributed by atoms with Gasteiger partial charge in [0.25, 0.3) is 0 Å². The van der Waals surface area contributed by atoms with Crippen molar-refractivity contribution < 1.29 is 14.1 Å². The molecule has 0 aliphatic heterocycles. The van der Waals surface area contributed by atoms with Crippen molar-refractivity contribution in [1.82, 2.24) is 5.16 Å². The van der Waals surface area contributed by atoms with Crippen molar-refractivity contribution in [3.8, 4) is 17.4 Å². The van der Waals surface area contributed by atoms with E-state index in [4.69, 9.17) is 26.6 Å². The van der Waals surface area contributed by atoms with E-state index in [1.165, 1.54) is 0 Å². The summed E-state index contributed by atoms with van der Waals surface area (Å²) in [5.41, 5.74) is 7.93. The normalized spacial score (nSPS) is 11.5. The molecule has 1 atom stereocenters. The molecule has 3 N–H and O–H groups in total. The van der Waals surface area contributed by atoms with Crippen LogP contribution in [-0.2, 0) is 11.3 Å². The minimum atomic E-state index is -0.757. The fourth-order valence-electron chi connectivity index (χ4n) is 2.63. The first-order valence-corrected chi connectivity index (χ1v) is 8.82. The first kappa shape index (κ1) is 19.4. The molecule has 1 heterocycles. The summed E-state index contributed by atoms with van der Waals surface area (Å²) < 4.78 is 10.6. The van der Waals surface area contributed by atoms with Crippen molar-refractivity contribution in [2.24, 2.45) is 5.73 Å². The van der Waals surface area contributed by atoms with Crippen LogP contribution in [0.3, 0.4) is 0 Å². The van der Waals surface area contributed by atoms with E-state index >= 15 is 0 Å². The molecule has 0 bridgehead atoms. The van der Waals surface area contributed by atoms with Crippen molar-refractivity contribution >= 4 is 23.4 Å². The molecule has 0 saturated heterocycles. The number of amides is 1. The lowest BCUT2D eigenvalue weighted by molar-refractivity contribution is 0.121. The van der Waals surface area contributed by atoms with Crippen LogP contribution in [0.25, 0.3) is 11.3 Å². The Hall–Kier alpha value is -3.34. The number of hydrogen-bond acceptors (Lipinski definition) is 6. The quantitative estimate of drug-likeness (QED) is 0.649. The average Bonchev–Trinajstić information content (AvgIpc) is 3.10. The predicted molar refractivity (Wildman–Crippen MR) is 105 cm³/mol. The largest absolute Gasteiger partial charge is 0.441 e. The number of nitrogens with zero attached hydrogens (tertiary/aromatic N) is 2. The van der Waals surface area contributed by atoms with Crippen molar-refractivity contribution in [2.45, 2.75) is 19.6 Å². The summed E-state index contributed by atoms with van der Waals surface area (Å²) in [6.07, 6.45) is -1.35. The molecule has 0 spiro atoms. The zero-order valence-electron chi connectivity index (χ0n) is 15.0. The maximum absolute atomic E-state index is 12.4. The molecule has 1 amide bonds. The molecule has 0 aliphatic carbocycles. The first-order chi connectivity index (χ1) is 13.5. The molecule has 0 fully saturated rings. The number of halogens is 1. The Morgan fingerprint density at radius 1 is 1.32 bits per heavy atom. The maximum Gasteiger partial charge on any atom is 0.412 e. The zero-order chi connectivity index (χ0) is 20.1. The van der Waals surface area contributed by atoms with Gasteiger partial charge in [-0.15, -0.1) is 0 Å². The topological polar surface area (TPSA) is 114 Å². The number of carbonyl (C=O) groups is 1. The summed E-state index contributed by atoms with van der Waals surface area (Å²) in [5, 5.41) is 16.0. The Kier molecular flexibility index (Phi) is 5.94. The Labute approximate surface area is 166 Å². The molecule has 7 nitrogen and oxygen atoms in total. The summed E-state index contributed by atoms with van der Waals surface area (Å²) >= 11 is 6.13. The van der Waals surface area contributed by atoms with E-state index in [0.29, 0.717) is 22.7 Å². The molecule has 2 aromatic carbocycles. The molecule has 8 heteroatoms. The van der Waals surface area contributed by atoms with Gasteiger partial charge in [0, 0.05) is 22.7 Å². The van der Waals surface area contributed by atoms with Gasteiger partial charge in [-0.2, -0.15) is 5.26 Å². The van der Waals surface area contributed by atoms with Crippen LogP contribution in [0.5, 0.6) is 0 Å². The molecule has 0 saturated carbocycles. The lowest BCUT2D eigenvalue weighted by atomic mass is 10.1. The molecule has 1 aromatic heterocycles. The third kappa shape index (κ3) is 4.14. The van der Waals surface area contributed by atoms with Gasteiger partial charge in [0.1, 0.15) is 17.9 Å². The average molecular weight is 397 g/mol. The fraction of sp³-hybridized carbons (Fsp3) is 0.150. The van der Waals surface area contributed by atoms with E-state index in [2.05, 4.69) is 10.5 Å². The number of nitrogens with one attached hydrogen (secondary N) is 1. The van der Waals surface area contributed by atoms with E-state index in [9.17, 15) is 10.1 Å². The minimum absolute atomic E-state index is 0.0553. The van der Waals surface area contributed by atoms with Gasteiger partial charge in [-0.3, -0.25) is 5.32 Å². The van der Waals surface area contributed by atoms with Crippen molar-refractivity contribution in [3.05, 3.63) is 70.4 Å². The molecule has 0 radical (unpaired) electrons. The highest BCUT2D eigenvalue weighted by Gasteiger charge is 2.22. The standard InChI is InChI=1S/C20H17ClN4O3/c1-12(15-4-2-3-5-16(15)21)27-20(26)24-18-17(11-23)25-28-19(18)14-8-6-13(10-22)7-9-14/h2-9,12H,10,22H2,1H3,(H,24,26). The fourth-order valence-corrected chi connectivity index (χ4v) is 2.92. The predicted octanol–water partition coefficient (Wildman–Crippen LogP) is 4.64. The second kappa shape index (κ2) is 8.57. The lowest BCUT2D eigenvalue weighted by Crippen LogP contribution is -2.17. The first-order valence-electron chi connectivity index (χ1n) is 8.44. The molecule has 28 heavy (non-hydrogen) atoms. The summed E-state index contributed by atoms with van der Waals surface area (Å²) in [4.78, 5) is 12.4. The molecule has 3 rings (SSSR count). The second-order valence-corrected chi connectivity index (χ2v) is 6.35. The van der Waals surface area contributed by atoms with Crippen LogP contribution in [0.15, 0.2) is 53.1 Å². The summed E-state index contributed by atoms with van der Waals surface area (Å²) in [7, 11) is 0. The zero-order valence-corrected chi connectivity index (χ0v) is 15.7. The Balaban J connectivity index is 1.81. The van der Waals surface area contributed by atoms with Gasteiger partial charge in [-0.25, -0.2) is 4.79 Å². The highest BCUT2D eigenvalue weighted by atomic mass is 35.5. The van der Waals surface area contributed by atoms with Crippen molar-refractivity contribution in [2.75, 3.05) is 5.32 Å². The SMILES string of the molecule is CC(OC(=O)Nc1c(C#N)noc1-c1ccc(CN)cc1)c1ccccc1Cl.